The Morgan fingerprint density at radius 2 is 1.62 bits per heavy atom. The summed E-state index contributed by atoms with van der Waals surface area (Å²) in [6.07, 6.45) is 0. The minimum atomic E-state index is -3.77. The smallest absolute Gasteiger partial charge is 0.243 e. The van der Waals surface area contributed by atoms with Crippen LogP contribution in [0.2, 0.25) is 0 Å². The second-order valence-electron chi connectivity index (χ2n) is 9.20. The van der Waals surface area contributed by atoms with Crippen LogP contribution in [0.5, 0.6) is 0 Å². The molecule has 1 aromatic heterocycles. The number of nitrogens with zero attached hydrogens (tertiary/aromatic N) is 4. The number of piperazine rings is 1. The first kappa shape index (κ1) is 23.3. The topological polar surface area (TPSA) is 96.6 Å². The maximum atomic E-state index is 13.3. The van der Waals surface area contributed by atoms with Crippen LogP contribution in [0.3, 0.4) is 0 Å². The summed E-state index contributed by atoms with van der Waals surface area (Å²) in [5, 5.41) is 7.87. The van der Waals surface area contributed by atoms with Crippen molar-refractivity contribution in [2.45, 2.75) is 18.4 Å². The van der Waals surface area contributed by atoms with Gasteiger partial charge in [0.15, 0.2) is 0 Å². The van der Waals surface area contributed by atoms with E-state index in [1.54, 1.807) is 30.0 Å². The molecule has 0 N–H and O–H groups in total. The van der Waals surface area contributed by atoms with Gasteiger partial charge in [-0.15, -0.1) is 0 Å². The van der Waals surface area contributed by atoms with E-state index in [9.17, 15) is 13.2 Å². The van der Waals surface area contributed by atoms with Gasteiger partial charge in [-0.2, -0.15) is 9.29 Å². The maximum Gasteiger partial charge on any atom is 0.243 e. The van der Waals surface area contributed by atoms with Gasteiger partial charge < -0.3 is 9.42 Å². The molecule has 1 saturated heterocycles. The zero-order valence-electron chi connectivity index (χ0n) is 20.2. The van der Waals surface area contributed by atoms with Crippen LogP contribution in [0.25, 0.3) is 32.9 Å². The summed E-state index contributed by atoms with van der Waals surface area (Å²) in [4.78, 5) is 19.2. The van der Waals surface area contributed by atoms with Crippen molar-refractivity contribution in [1.29, 1.82) is 0 Å². The minimum absolute atomic E-state index is 0.177. The van der Waals surface area contributed by atoms with Crippen LogP contribution in [0.4, 0.5) is 0 Å². The zero-order chi connectivity index (χ0) is 25.6. The SMILES string of the molecule is Cc1nc(-c2ccc3ccc(CN4CCN(S(=O)(=O)c5ccc6ccccc6c5)CC4=O)cc3c2)no1. The quantitative estimate of drug-likeness (QED) is 0.347. The summed E-state index contributed by atoms with van der Waals surface area (Å²) < 4.78 is 32.9. The fraction of sp³-hybridized carbons (Fsp3) is 0.179. The number of sulfonamides is 1. The Hall–Kier alpha value is -4.08. The van der Waals surface area contributed by atoms with Gasteiger partial charge in [0.05, 0.1) is 11.4 Å². The Morgan fingerprint density at radius 3 is 2.41 bits per heavy atom. The largest absolute Gasteiger partial charge is 0.339 e. The minimum Gasteiger partial charge on any atom is -0.339 e. The number of fused-ring (bicyclic) bond motifs is 2. The van der Waals surface area contributed by atoms with Crippen molar-refractivity contribution in [1.82, 2.24) is 19.3 Å². The van der Waals surface area contributed by atoms with Crippen molar-refractivity contribution in [2.75, 3.05) is 19.6 Å². The normalized spacial score (nSPS) is 15.1. The molecule has 186 valence electrons. The number of benzene rings is 4. The van der Waals surface area contributed by atoms with Crippen molar-refractivity contribution in [3.8, 4) is 11.4 Å². The van der Waals surface area contributed by atoms with Crippen LogP contribution in [0.15, 0.2) is 88.3 Å². The summed E-state index contributed by atoms with van der Waals surface area (Å²) in [6, 6.07) is 24.7. The molecule has 0 saturated carbocycles. The third kappa shape index (κ3) is 4.47. The number of carbonyl (C=O) groups is 1. The first-order valence-electron chi connectivity index (χ1n) is 12.0. The Kier molecular flexibility index (Phi) is 5.73. The van der Waals surface area contributed by atoms with E-state index in [-0.39, 0.29) is 23.9 Å². The lowest BCUT2D eigenvalue weighted by molar-refractivity contribution is -0.134. The third-order valence-electron chi connectivity index (χ3n) is 6.71. The molecule has 5 aromatic rings. The van der Waals surface area contributed by atoms with E-state index in [1.165, 1.54) is 4.31 Å². The molecule has 9 heteroatoms. The van der Waals surface area contributed by atoms with Gasteiger partial charge in [-0.05, 0) is 51.4 Å². The average molecular weight is 513 g/mol. The second kappa shape index (κ2) is 9.10. The van der Waals surface area contributed by atoms with E-state index in [0.717, 1.165) is 32.7 Å². The number of aryl methyl sites for hydroxylation is 1. The molecule has 1 aliphatic rings. The standard InChI is InChI=1S/C28H24N4O4S/c1-19-29-28(30-36-19)24-9-8-22-7-6-20(14-25(22)15-24)17-31-12-13-32(18-27(31)33)37(34,35)26-11-10-21-4-2-3-5-23(21)16-26/h2-11,14-16H,12-13,17-18H2,1H3. The first-order chi connectivity index (χ1) is 17.9. The zero-order valence-corrected chi connectivity index (χ0v) is 21.0. The maximum absolute atomic E-state index is 13.3. The number of hydrogen-bond donors (Lipinski definition) is 0. The van der Waals surface area contributed by atoms with Crippen molar-refractivity contribution in [2.24, 2.45) is 0 Å². The highest BCUT2D eigenvalue weighted by molar-refractivity contribution is 7.89. The summed E-state index contributed by atoms with van der Waals surface area (Å²) in [5.74, 6) is 0.819. The van der Waals surface area contributed by atoms with Gasteiger partial charge >= 0.3 is 0 Å². The van der Waals surface area contributed by atoms with E-state index in [1.807, 2.05) is 60.7 Å². The van der Waals surface area contributed by atoms with E-state index in [4.69, 9.17) is 4.52 Å². The van der Waals surface area contributed by atoms with Gasteiger partial charge in [0, 0.05) is 32.1 Å². The average Bonchev–Trinajstić information content (AvgIpc) is 3.35. The predicted molar refractivity (Wildman–Crippen MR) is 140 cm³/mol. The van der Waals surface area contributed by atoms with Crippen LogP contribution in [-0.4, -0.2) is 53.3 Å². The van der Waals surface area contributed by atoms with Gasteiger partial charge in [0.1, 0.15) is 0 Å². The highest BCUT2D eigenvalue weighted by Crippen LogP contribution is 2.26. The number of amides is 1. The number of hydrogen-bond acceptors (Lipinski definition) is 6. The Labute approximate surface area is 214 Å². The lowest BCUT2D eigenvalue weighted by atomic mass is 10.0. The number of rotatable bonds is 5. The second-order valence-corrected chi connectivity index (χ2v) is 11.1. The predicted octanol–water partition coefficient (Wildman–Crippen LogP) is 4.38. The molecule has 1 aliphatic heterocycles. The summed E-state index contributed by atoms with van der Waals surface area (Å²) in [5.41, 5.74) is 1.82. The molecule has 37 heavy (non-hydrogen) atoms. The molecule has 0 bridgehead atoms. The molecular formula is C28H24N4O4S. The molecular weight excluding hydrogens is 488 g/mol. The lowest BCUT2D eigenvalue weighted by Gasteiger charge is -2.33. The molecule has 0 radical (unpaired) electrons. The molecule has 1 fully saturated rings. The summed E-state index contributed by atoms with van der Waals surface area (Å²) >= 11 is 0. The Morgan fingerprint density at radius 1 is 0.865 bits per heavy atom. The fourth-order valence-corrected chi connectivity index (χ4v) is 6.12. The summed E-state index contributed by atoms with van der Waals surface area (Å²) in [7, 11) is -3.77. The van der Waals surface area contributed by atoms with E-state index in [0.29, 0.717) is 24.8 Å². The third-order valence-corrected chi connectivity index (χ3v) is 8.55. The molecule has 0 atom stereocenters. The molecule has 0 spiro atoms. The van der Waals surface area contributed by atoms with Gasteiger partial charge in [-0.1, -0.05) is 59.8 Å². The molecule has 8 nitrogen and oxygen atoms in total. The monoisotopic (exact) mass is 512 g/mol. The lowest BCUT2D eigenvalue weighted by Crippen LogP contribution is -2.51. The number of carbonyl (C=O) groups excluding carboxylic acids is 1. The molecule has 2 heterocycles. The highest BCUT2D eigenvalue weighted by Gasteiger charge is 2.33. The van der Waals surface area contributed by atoms with Crippen LogP contribution in [0, 0.1) is 6.92 Å². The van der Waals surface area contributed by atoms with Crippen molar-refractivity contribution >= 4 is 37.5 Å². The van der Waals surface area contributed by atoms with E-state index < -0.39 is 10.0 Å². The Balaban J connectivity index is 1.18. The van der Waals surface area contributed by atoms with Gasteiger partial charge in [0.25, 0.3) is 0 Å². The van der Waals surface area contributed by atoms with Crippen LogP contribution in [-0.2, 0) is 21.4 Å². The summed E-state index contributed by atoms with van der Waals surface area (Å²) in [6.45, 7) is 2.55. The van der Waals surface area contributed by atoms with Gasteiger partial charge in [-0.3, -0.25) is 4.79 Å². The van der Waals surface area contributed by atoms with Crippen LogP contribution < -0.4 is 0 Å². The van der Waals surface area contributed by atoms with Crippen LogP contribution >= 0.6 is 0 Å². The van der Waals surface area contributed by atoms with E-state index >= 15 is 0 Å². The van der Waals surface area contributed by atoms with Crippen molar-refractivity contribution in [3.63, 3.8) is 0 Å². The fourth-order valence-electron chi connectivity index (χ4n) is 4.71. The Bertz CT molecular complexity index is 1760. The molecule has 4 aromatic carbocycles. The molecule has 0 aliphatic carbocycles. The van der Waals surface area contributed by atoms with Crippen molar-refractivity contribution < 1.29 is 17.7 Å². The molecule has 1 amide bonds. The van der Waals surface area contributed by atoms with Gasteiger partial charge in [0.2, 0.25) is 27.6 Å². The van der Waals surface area contributed by atoms with E-state index in [2.05, 4.69) is 10.1 Å². The molecule has 6 rings (SSSR count). The number of aromatic nitrogens is 2. The van der Waals surface area contributed by atoms with Crippen molar-refractivity contribution in [3.05, 3.63) is 90.3 Å². The first-order valence-corrected chi connectivity index (χ1v) is 13.4. The highest BCUT2D eigenvalue weighted by atomic mass is 32.2. The molecule has 0 unspecified atom stereocenters. The van der Waals surface area contributed by atoms with Crippen LogP contribution in [0.1, 0.15) is 11.5 Å². The van der Waals surface area contributed by atoms with Gasteiger partial charge in [-0.25, -0.2) is 8.42 Å².